The fraction of sp³-hybridized carbons (Fsp3) is 0.333. The fourth-order valence-corrected chi connectivity index (χ4v) is 2.96. The summed E-state index contributed by atoms with van der Waals surface area (Å²) in [6, 6.07) is 11.8. The van der Waals surface area contributed by atoms with Crippen LogP contribution in [0.15, 0.2) is 42.5 Å². The molecule has 0 radical (unpaired) electrons. The summed E-state index contributed by atoms with van der Waals surface area (Å²) in [4.78, 5) is 0. The highest BCUT2D eigenvalue weighted by Gasteiger charge is 2.21. The number of halogens is 2. The van der Waals surface area contributed by atoms with Gasteiger partial charge in [-0.2, -0.15) is 0 Å². The highest BCUT2D eigenvalue weighted by atomic mass is 35.5. The monoisotopic (exact) mass is 367 g/mol. The smallest absolute Gasteiger partial charge is 0.124 e. The average molecular weight is 368 g/mol. The van der Waals surface area contributed by atoms with Gasteiger partial charge in [0.1, 0.15) is 11.9 Å². The molecule has 3 atom stereocenters. The van der Waals surface area contributed by atoms with E-state index in [2.05, 4.69) is 0 Å². The molecule has 1 unspecified atom stereocenters. The highest BCUT2D eigenvalue weighted by molar-refractivity contribution is 6.42. The first-order valence-corrected chi connectivity index (χ1v) is 8.53. The van der Waals surface area contributed by atoms with Gasteiger partial charge in [0.25, 0.3) is 0 Å². The Kier molecular flexibility index (Phi) is 5.64. The van der Waals surface area contributed by atoms with Crippen molar-refractivity contribution in [2.24, 2.45) is 5.73 Å². The van der Waals surface area contributed by atoms with Gasteiger partial charge in [-0.15, -0.1) is 0 Å². The van der Waals surface area contributed by atoms with Gasteiger partial charge < -0.3 is 20.3 Å². The normalized spacial score (nSPS) is 19.9. The SMILES string of the molecule is N[C@@H](c1ccc(Cl)c(Cl)c1)[C@H](O)c1ccc(OC2CCOC2)cc1. The third-order valence-corrected chi connectivity index (χ3v) is 4.82. The standard InChI is InChI=1S/C18H19Cl2NO3/c19-15-6-3-12(9-16(15)20)17(21)18(22)11-1-4-13(5-2-11)24-14-7-8-23-10-14/h1-6,9,14,17-18,22H,7-8,10,21H2/t14?,17-,18+/m0/s1. The molecule has 4 nitrogen and oxygen atoms in total. The second kappa shape index (κ2) is 7.72. The molecule has 2 aromatic rings. The van der Waals surface area contributed by atoms with E-state index in [0.29, 0.717) is 22.2 Å². The minimum absolute atomic E-state index is 0.0965. The number of hydrogen-bond donors (Lipinski definition) is 2. The Morgan fingerprint density at radius 2 is 1.79 bits per heavy atom. The third kappa shape index (κ3) is 4.02. The molecule has 128 valence electrons. The number of rotatable bonds is 5. The fourth-order valence-electron chi connectivity index (χ4n) is 2.65. The summed E-state index contributed by atoms with van der Waals surface area (Å²) < 4.78 is 11.1. The second-order valence-corrected chi connectivity index (χ2v) is 6.63. The topological polar surface area (TPSA) is 64.7 Å². The molecule has 3 rings (SSSR count). The van der Waals surface area contributed by atoms with Gasteiger partial charge in [-0.3, -0.25) is 0 Å². The number of nitrogens with two attached hydrogens (primary N) is 1. The molecule has 0 bridgehead atoms. The van der Waals surface area contributed by atoms with Crippen molar-refractivity contribution in [2.45, 2.75) is 24.7 Å². The van der Waals surface area contributed by atoms with E-state index >= 15 is 0 Å². The third-order valence-electron chi connectivity index (χ3n) is 4.08. The van der Waals surface area contributed by atoms with Gasteiger partial charge in [-0.05, 0) is 35.4 Å². The van der Waals surface area contributed by atoms with Gasteiger partial charge in [0.15, 0.2) is 0 Å². The summed E-state index contributed by atoms with van der Waals surface area (Å²) in [6.07, 6.45) is 0.136. The molecule has 0 aromatic heterocycles. The van der Waals surface area contributed by atoms with Gasteiger partial charge in [0.2, 0.25) is 0 Å². The zero-order chi connectivity index (χ0) is 17.1. The number of benzene rings is 2. The summed E-state index contributed by atoms with van der Waals surface area (Å²) in [7, 11) is 0. The Balaban J connectivity index is 1.69. The van der Waals surface area contributed by atoms with Crippen molar-refractivity contribution in [1.82, 2.24) is 0 Å². The lowest BCUT2D eigenvalue weighted by molar-refractivity contribution is 0.140. The lowest BCUT2D eigenvalue weighted by Crippen LogP contribution is -2.20. The maximum Gasteiger partial charge on any atom is 0.124 e. The Labute approximate surface area is 151 Å². The molecular weight excluding hydrogens is 349 g/mol. The summed E-state index contributed by atoms with van der Waals surface area (Å²) in [5, 5.41) is 11.4. The van der Waals surface area contributed by atoms with Crippen LogP contribution in [-0.2, 0) is 4.74 Å². The van der Waals surface area contributed by atoms with Crippen LogP contribution in [0.1, 0.15) is 29.7 Å². The molecule has 0 saturated carbocycles. The first kappa shape index (κ1) is 17.5. The van der Waals surface area contributed by atoms with Crippen LogP contribution >= 0.6 is 23.2 Å². The van der Waals surface area contributed by atoms with E-state index in [1.165, 1.54) is 0 Å². The summed E-state index contributed by atoms with van der Waals surface area (Å²) in [5.74, 6) is 0.754. The zero-order valence-electron chi connectivity index (χ0n) is 13.0. The lowest BCUT2D eigenvalue weighted by Gasteiger charge is -2.20. The van der Waals surface area contributed by atoms with Gasteiger partial charge in [0.05, 0.1) is 35.4 Å². The molecule has 0 amide bonds. The first-order valence-electron chi connectivity index (χ1n) is 7.77. The van der Waals surface area contributed by atoms with E-state index < -0.39 is 12.1 Å². The van der Waals surface area contributed by atoms with Crippen LogP contribution in [0, 0.1) is 0 Å². The van der Waals surface area contributed by atoms with Crippen LogP contribution < -0.4 is 10.5 Å². The highest BCUT2D eigenvalue weighted by Crippen LogP contribution is 2.31. The van der Waals surface area contributed by atoms with Crippen LogP contribution in [0.3, 0.4) is 0 Å². The van der Waals surface area contributed by atoms with E-state index in [1.54, 1.807) is 18.2 Å². The molecule has 1 heterocycles. The van der Waals surface area contributed by atoms with Crippen molar-refractivity contribution in [2.75, 3.05) is 13.2 Å². The van der Waals surface area contributed by atoms with E-state index in [0.717, 1.165) is 24.3 Å². The van der Waals surface area contributed by atoms with Gasteiger partial charge in [-0.25, -0.2) is 0 Å². The van der Waals surface area contributed by atoms with Crippen LogP contribution in [0.4, 0.5) is 0 Å². The van der Waals surface area contributed by atoms with Crippen LogP contribution in [-0.4, -0.2) is 24.4 Å². The van der Waals surface area contributed by atoms with Crippen molar-refractivity contribution in [3.8, 4) is 5.75 Å². The van der Waals surface area contributed by atoms with Crippen molar-refractivity contribution in [3.05, 3.63) is 63.6 Å². The van der Waals surface area contributed by atoms with E-state index in [4.69, 9.17) is 38.4 Å². The molecule has 1 fully saturated rings. The number of aliphatic hydroxyl groups excluding tert-OH is 1. The Morgan fingerprint density at radius 3 is 2.42 bits per heavy atom. The summed E-state index contributed by atoms with van der Waals surface area (Å²) in [5.41, 5.74) is 7.59. The molecular formula is C18H19Cl2NO3. The second-order valence-electron chi connectivity index (χ2n) is 5.82. The van der Waals surface area contributed by atoms with Crippen molar-refractivity contribution < 1.29 is 14.6 Å². The quantitative estimate of drug-likeness (QED) is 0.840. The maximum absolute atomic E-state index is 10.5. The Hall–Kier alpha value is -1.30. The zero-order valence-corrected chi connectivity index (χ0v) is 14.5. The molecule has 0 spiro atoms. The van der Waals surface area contributed by atoms with Crippen LogP contribution in [0.5, 0.6) is 5.75 Å². The molecule has 3 N–H and O–H groups in total. The Bertz CT molecular complexity index is 687. The number of ether oxygens (including phenoxy) is 2. The average Bonchev–Trinajstić information content (AvgIpc) is 3.10. The molecule has 2 aromatic carbocycles. The maximum atomic E-state index is 10.5. The molecule has 1 aliphatic heterocycles. The van der Waals surface area contributed by atoms with Crippen molar-refractivity contribution >= 4 is 23.2 Å². The molecule has 1 saturated heterocycles. The lowest BCUT2D eigenvalue weighted by atomic mass is 9.96. The molecule has 1 aliphatic rings. The minimum atomic E-state index is -0.855. The summed E-state index contributed by atoms with van der Waals surface area (Å²) >= 11 is 11.9. The van der Waals surface area contributed by atoms with Crippen molar-refractivity contribution in [1.29, 1.82) is 0 Å². The predicted molar refractivity (Wildman–Crippen MR) is 94.6 cm³/mol. The van der Waals surface area contributed by atoms with E-state index in [1.807, 2.05) is 24.3 Å². The predicted octanol–water partition coefficient (Wildman–Crippen LogP) is 3.89. The largest absolute Gasteiger partial charge is 0.488 e. The minimum Gasteiger partial charge on any atom is -0.488 e. The van der Waals surface area contributed by atoms with E-state index in [9.17, 15) is 5.11 Å². The van der Waals surface area contributed by atoms with Crippen LogP contribution in [0.25, 0.3) is 0 Å². The first-order chi connectivity index (χ1) is 11.5. The molecule has 24 heavy (non-hydrogen) atoms. The van der Waals surface area contributed by atoms with Crippen molar-refractivity contribution in [3.63, 3.8) is 0 Å². The Morgan fingerprint density at radius 1 is 1.08 bits per heavy atom. The van der Waals surface area contributed by atoms with Crippen LogP contribution in [0.2, 0.25) is 10.0 Å². The molecule has 6 heteroatoms. The van der Waals surface area contributed by atoms with Gasteiger partial charge in [-0.1, -0.05) is 41.4 Å². The summed E-state index contributed by atoms with van der Waals surface area (Å²) in [6.45, 7) is 1.35. The van der Waals surface area contributed by atoms with Gasteiger partial charge >= 0.3 is 0 Å². The molecule has 0 aliphatic carbocycles. The van der Waals surface area contributed by atoms with Gasteiger partial charge in [0, 0.05) is 6.42 Å². The number of aliphatic hydroxyl groups is 1. The number of hydrogen-bond acceptors (Lipinski definition) is 4. The van der Waals surface area contributed by atoms with E-state index in [-0.39, 0.29) is 6.10 Å².